The third kappa shape index (κ3) is 4.00. The van der Waals surface area contributed by atoms with Crippen LogP contribution in [0.1, 0.15) is 31.3 Å². The van der Waals surface area contributed by atoms with Crippen LogP contribution in [0.3, 0.4) is 0 Å². The molecule has 2 aliphatic rings. The molecule has 3 heterocycles. The number of pyridine rings is 1. The van der Waals surface area contributed by atoms with Crippen LogP contribution in [0.4, 0.5) is 28.9 Å². The average molecular weight is 426 g/mol. The summed E-state index contributed by atoms with van der Waals surface area (Å²) >= 11 is 1.32. The number of hydrogen-bond donors (Lipinski definition) is 2. The first-order valence-corrected chi connectivity index (χ1v) is 10.0. The second kappa shape index (κ2) is 6.82. The van der Waals surface area contributed by atoms with Crippen molar-refractivity contribution in [2.45, 2.75) is 38.4 Å². The Hall–Kier alpha value is -2.43. The normalized spacial score (nSPS) is 23.7. The van der Waals surface area contributed by atoms with E-state index in [1.54, 1.807) is 4.90 Å². The molecule has 2 amide bonds. The van der Waals surface area contributed by atoms with E-state index in [0.29, 0.717) is 18.2 Å². The van der Waals surface area contributed by atoms with Crippen LogP contribution in [0.15, 0.2) is 18.3 Å². The van der Waals surface area contributed by atoms with Crippen molar-refractivity contribution in [2.75, 3.05) is 23.3 Å². The fourth-order valence-electron chi connectivity index (χ4n) is 3.65. The second-order valence-corrected chi connectivity index (χ2v) is 9.37. The first kappa shape index (κ1) is 19.9. The van der Waals surface area contributed by atoms with Gasteiger partial charge in [0, 0.05) is 42.6 Å². The minimum atomic E-state index is -4.44. The minimum absolute atomic E-state index is 0.0426. The Morgan fingerprint density at radius 2 is 1.90 bits per heavy atom. The zero-order valence-electron chi connectivity index (χ0n) is 16.1. The SMILES string of the molecule is CC(C)(C)c1nnc(NC(=O)N[C@H]2[C@@H]3CN(c4ncccc4C(F)(F)F)C[C@@H]32)s1. The van der Waals surface area contributed by atoms with Gasteiger partial charge in [0.05, 0.1) is 5.56 Å². The number of nitrogens with one attached hydrogen (secondary N) is 2. The molecule has 1 aliphatic carbocycles. The van der Waals surface area contributed by atoms with Gasteiger partial charge in [-0.2, -0.15) is 13.2 Å². The fraction of sp³-hybridized carbons (Fsp3) is 0.556. The number of anilines is 2. The Morgan fingerprint density at radius 3 is 2.48 bits per heavy atom. The highest BCUT2D eigenvalue weighted by Gasteiger charge is 2.57. The molecule has 11 heteroatoms. The van der Waals surface area contributed by atoms with Gasteiger partial charge in [-0.05, 0) is 12.1 Å². The molecule has 2 aromatic rings. The minimum Gasteiger partial charge on any atom is -0.355 e. The van der Waals surface area contributed by atoms with Gasteiger partial charge in [0.2, 0.25) is 5.13 Å². The lowest BCUT2D eigenvalue weighted by atomic mass is 9.98. The number of nitrogens with zero attached hydrogens (tertiary/aromatic N) is 4. The maximum atomic E-state index is 13.2. The Morgan fingerprint density at radius 1 is 1.21 bits per heavy atom. The molecule has 29 heavy (non-hydrogen) atoms. The molecule has 2 N–H and O–H groups in total. The number of alkyl halides is 3. The molecular formula is C18H21F3N6OS. The molecule has 0 aromatic carbocycles. The summed E-state index contributed by atoms with van der Waals surface area (Å²) in [6.45, 7) is 6.91. The standard InChI is InChI=1S/C18H21F3N6OS/c1-17(2,3)14-25-26-16(29-14)24-15(28)23-12-9-7-27(8-10(9)12)13-11(18(19,20)21)5-4-6-22-13/h4-6,9-10,12H,7-8H2,1-3H3,(H2,23,24,26,28)/t9-,10+,12+. The molecule has 1 saturated heterocycles. The van der Waals surface area contributed by atoms with Crippen molar-refractivity contribution in [1.82, 2.24) is 20.5 Å². The van der Waals surface area contributed by atoms with Gasteiger partial charge in [-0.15, -0.1) is 10.2 Å². The predicted molar refractivity (Wildman–Crippen MR) is 103 cm³/mol. The van der Waals surface area contributed by atoms with Crippen LogP contribution in [0, 0.1) is 11.8 Å². The van der Waals surface area contributed by atoms with E-state index in [4.69, 9.17) is 0 Å². The number of piperidine rings is 1. The number of halogens is 3. The summed E-state index contributed by atoms with van der Waals surface area (Å²) in [4.78, 5) is 17.8. The van der Waals surface area contributed by atoms with Crippen molar-refractivity contribution in [2.24, 2.45) is 11.8 Å². The Kier molecular flexibility index (Phi) is 4.67. The molecule has 0 bridgehead atoms. The summed E-state index contributed by atoms with van der Waals surface area (Å²) in [5, 5.41) is 14.9. The lowest BCUT2D eigenvalue weighted by molar-refractivity contribution is -0.137. The van der Waals surface area contributed by atoms with Gasteiger partial charge in [-0.3, -0.25) is 5.32 Å². The number of rotatable bonds is 3. The summed E-state index contributed by atoms with van der Waals surface area (Å²) in [7, 11) is 0. The average Bonchev–Trinajstić information content (AvgIpc) is 3.03. The van der Waals surface area contributed by atoms with E-state index in [-0.39, 0.29) is 35.1 Å². The Bertz CT molecular complexity index is 913. The highest BCUT2D eigenvalue weighted by Crippen LogP contribution is 2.48. The van der Waals surface area contributed by atoms with Crippen molar-refractivity contribution in [3.05, 3.63) is 28.9 Å². The molecule has 4 rings (SSSR count). The van der Waals surface area contributed by atoms with Gasteiger partial charge in [0.1, 0.15) is 10.8 Å². The molecule has 1 aliphatic heterocycles. The molecule has 0 radical (unpaired) electrons. The number of hydrogen-bond acceptors (Lipinski definition) is 6. The highest BCUT2D eigenvalue weighted by atomic mass is 32.1. The number of carbonyl (C=O) groups excluding carboxylic acids is 1. The van der Waals surface area contributed by atoms with Crippen molar-refractivity contribution in [3.63, 3.8) is 0 Å². The van der Waals surface area contributed by atoms with Crippen LogP contribution in [0.25, 0.3) is 0 Å². The van der Waals surface area contributed by atoms with Gasteiger partial charge in [0.25, 0.3) is 0 Å². The van der Waals surface area contributed by atoms with Crippen LogP contribution < -0.4 is 15.5 Å². The first-order chi connectivity index (χ1) is 13.5. The molecule has 7 nitrogen and oxygen atoms in total. The summed E-state index contributed by atoms with van der Waals surface area (Å²) in [6, 6.07) is 1.90. The summed E-state index contributed by atoms with van der Waals surface area (Å²) < 4.78 is 39.6. The predicted octanol–water partition coefficient (Wildman–Crippen LogP) is 3.51. The second-order valence-electron chi connectivity index (χ2n) is 8.39. The lowest BCUT2D eigenvalue weighted by Gasteiger charge is -2.24. The Labute approximate surface area is 169 Å². The van der Waals surface area contributed by atoms with Crippen LogP contribution in [-0.2, 0) is 11.6 Å². The van der Waals surface area contributed by atoms with E-state index < -0.39 is 11.7 Å². The summed E-state index contributed by atoms with van der Waals surface area (Å²) in [5.41, 5.74) is -0.874. The van der Waals surface area contributed by atoms with Gasteiger partial charge in [0.15, 0.2) is 0 Å². The topological polar surface area (TPSA) is 83.0 Å². The molecule has 0 unspecified atom stereocenters. The molecule has 2 fully saturated rings. The van der Waals surface area contributed by atoms with E-state index in [1.807, 2.05) is 20.8 Å². The third-order valence-electron chi connectivity index (χ3n) is 5.17. The molecule has 0 spiro atoms. The van der Waals surface area contributed by atoms with Gasteiger partial charge in [-0.1, -0.05) is 32.1 Å². The molecule has 156 valence electrons. The highest BCUT2D eigenvalue weighted by molar-refractivity contribution is 7.15. The number of aromatic nitrogens is 3. The molecule has 1 saturated carbocycles. The van der Waals surface area contributed by atoms with E-state index in [0.717, 1.165) is 11.1 Å². The largest absolute Gasteiger partial charge is 0.419 e. The number of urea groups is 1. The van der Waals surface area contributed by atoms with Crippen molar-refractivity contribution >= 4 is 28.3 Å². The van der Waals surface area contributed by atoms with E-state index >= 15 is 0 Å². The van der Waals surface area contributed by atoms with E-state index in [9.17, 15) is 18.0 Å². The van der Waals surface area contributed by atoms with Crippen molar-refractivity contribution in [3.8, 4) is 0 Å². The monoisotopic (exact) mass is 426 g/mol. The molecular weight excluding hydrogens is 405 g/mol. The fourth-order valence-corrected chi connectivity index (χ4v) is 4.44. The first-order valence-electron chi connectivity index (χ1n) is 9.22. The van der Waals surface area contributed by atoms with Crippen LogP contribution in [0.2, 0.25) is 0 Å². The Balaban J connectivity index is 1.32. The number of carbonyl (C=O) groups is 1. The van der Waals surface area contributed by atoms with Gasteiger partial charge in [-0.25, -0.2) is 9.78 Å². The van der Waals surface area contributed by atoms with E-state index in [1.165, 1.54) is 23.6 Å². The zero-order chi connectivity index (χ0) is 21.0. The van der Waals surface area contributed by atoms with Gasteiger partial charge < -0.3 is 10.2 Å². The summed E-state index contributed by atoms with van der Waals surface area (Å²) in [5.74, 6) is 0.186. The third-order valence-corrected chi connectivity index (χ3v) is 6.43. The smallest absolute Gasteiger partial charge is 0.355 e. The van der Waals surface area contributed by atoms with E-state index in [2.05, 4.69) is 25.8 Å². The van der Waals surface area contributed by atoms with Crippen LogP contribution >= 0.6 is 11.3 Å². The maximum absolute atomic E-state index is 13.2. The maximum Gasteiger partial charge on any atom is 0.419 e. The van der Waals surface area contributed by atoms with Gasteiger partial charge >= 0.3 is 12.2 Å². The number of fused-ring (bicyclic) bond motifs is 1. The van der Waals surface area contributed by atoms with Crippen molar-refractivity contribution in [1.29, 1.82) is 0 Å². The molecule has 3 atom stereocenters. The number of amides is 2. The zero-order valence-corrected chi connectivity index (χ0v) is 16.9. The van der Waals surface area contributed by atoms with Crippen molar-refractivity contribution < 1.29 is 18.0 Å². The quantitative estimate of drug-likeness (QED) is 0.785. The van der Waals surface area contributed by atoms with Crippen LogP contribution in [-0.4, -0.2) is 40.3 Å². The summed E-state index contributed by atoms with van der Waals surface area (Å²) in [6.07, 6.45) is -3.08. The lowest BCUT2D eigenvalue weighted by Crippen LogP contribution is -2.37. The van der Waals surface area contributed by atoms with Crippen LogP contribution in [0.5, 0.6) is 0 Å². The molecule has 2 aromatic heterocycles.